The van der Waals surface area contributed by atoms with Gasteiger partial charge in [0.15, 0.2) is 18.4 Å². The lowest BCUT2D eigenvalue weighted by Gasteiger charge is -2.60. The molecular formula is C40H66O15. The molecule has 3 heterocycles. The van der Waals surface area contributed by atoms with E-state index in [2.05, 4.69) is 26.8 Å². The highest BCUT2D eigenvalue weighted by Crippen LogP contribution is 2.70. The van der Waals surface area contributed by atoms with Crippen LogP contribution in [-0.2, 0) is 28.4 Å². The number of ether oxygens (including phenoxy) is 6. The fourth-order valence-corrected chi connectivity index (χ4v) is 12.5. The summed E-state index contributed by atoms with van der Waals surface area (Å²) in [6, 6.07) is 0. The quantitative estimate of drug-likeness (QED) is 0.125. The van der Waals surface area contributed by atoms with Crippen LogP contribution < -0.4 is 0 Å². The first kappa shape index (κ1) is 42.3. The zero-order valence-corrected chi connectivity index (χ0v) is 32.8. The van der Waals surface area contributed by atoms with E-state index in [1.54, 1.807) is 7.11 Å². The Labute approximate surface area is 323 Å². The van der Waals surface area contributed by atoms with E-state index in [1.807, 2.05) is 6.92 Å². The number of aliphatic hydroxyl groups is 9. The molecule has 0 amide bonds. The van der Waals surface area contributed by atoms with Crippen LogP contribution in [0.15, 0.2) is 11.6 Å². The van der Waals surface area contributed by atoms with Gasteiger partial charge >= 0.3 is 0 Å². The van der Waals surface area contributed by atoms with Crippen molar-refractivity contribution >= 4 is 0 Å². The van der Waals surface area contributed by atoms with Crippen LogP contribution in [0.4, 0.5) is 0 Å². The van der Waals surface area contributed by atoms with E-state index in [1.165, 1.54) is 0 Å². The van der Waals surface area contributed by atoms with Gasteiger partial charge in [0.1, 0.15) is 48.8 Å². The Hall–Kier alpha value is -0.860. The van der Waals surface area contributed by atoms with Crippen molar-refractivity contribution in [2.24, 2.45) is 46.3 Å². The third-order valence-electron chi connectivity index (χ3n) is 15.7. The molecule has 4 unspecified atom stereocenters. The van der Waals surface area contributed by atoms with Gasteiger partial charge in [-0.1, -0.05) is 39.3 Å². The molecule has 0 spiro atoms. The summed E-state index contributed by atoms with van der Waals surface area (Å²) < 4.78 is 37.0. The molecule has 7 rings (SSSR count). The Kier molecular flexibility index (Phi) is 12.3. The number of hydrogen-bond donors (Lipinski definition) is 9. The van der Waals surface area contributed by atoms with Gasteiger partial charge in [0, 0.05) is 31.3 Å². The molecule has 0 aromatic rings. The summed E-state index contributed by atoms with van der Waals surface area (Å²) in [5, 5.41) is 92.7. The third kappa shape index (κ3) is 6.98. The van der Waals surface area contributed by atoms with Crippen molar-refractivity contribution < 1.29 is 74.4 Å². The number of allylic oxidation sites excluding steroid dienone is 1. The maximum atomic E-state index is 11.0. The predicted octanol–water partition coefficient (Wildman–Crippen LogP) is -0.0584. The van der Waals surface area contributed by atoms with Crippen LogP contribution in [0.5, 0.6) is 0 Å². The predicted molar refractivity (Wildman–Crippen MR) is 193 cm³/mol. The van der Waals surface area contributed by atoms with E-state index in [0.29, 0.717) is 37.5 Å². The van der Waals surface area contributed by atoms with E-state index in [-0.39, 0.29) is 41.8 Å². The Bertz CT molecular complexity index is 1370. The van der Waals surface area contributed by atoms with Gasteiger partial charge in [-0.05, 0) is 73.5 Å². The minimum absolute atomic E-state index is 0.00707. The summed E-state index contributed by atoms with van der Waals surface area (Å²) >= 11 is 0. The molecule has 3 saturated carbocycles. The second kappa shape index (κ2) is 16.0. The van der Waals surface area contributed by atoms with E-state index >= 15 is 0 Å². The molecule has 3 saturated heterocycles. The van der Waals surface area contributed by atoms with Gasteiger partial charge in [0.05, 0.1) is 38.1 Å². The summed E-state index contributed by atoms with van der Waals surface area (Å²) in [5.74, 6) is 0.550. The lowest BCUT2D eigenvalue weighted by atomic mass is 9.46. The van der Waals surface area contributed by atoms with Crippen LogP contribution in [0.25, 0.3) is 0 Å². The minimum atomic E-state index is -1.55. The Balaban J connectivity index is 1.02. The number of aliphatic hydroxyl groups excluding tert-OH is 9. The van der Waals surface area contributed by atoms with Crippen molar-refractivity contribution in [3.05, 3.63) is 11.6 Å². The molecule has 0 aromatic carbocycles. The zero-order valence-electron chi connectivity index (χ0n) is 32.8. The lowest BCUT2D eigenvalue weighted by molar-refractivity contribution is -0.324. The fraction of sp³-hybridized carbons (Fsp3) is 0.950. The molecule has 15 heteroatoms. The summed E-state index contributed by atoms with van der Waals surface area (Å²) in [5.41, 5.74) is 0.681. The van der Waals surface area contributed by atoms with Crippen molar-refractivity contribution in [2.75, 3.05) is 26.9 Å². The van der Waals surface area contributed by atoms with E-state index < -0.39 is 98.0 Å². The maximum absolute atomic E-state index is 11.0. The highest BCUT2D eigenvalue weighted by molar-refractivity contribution is 5.28. The maximum Gasteiger partial charge on any atom is 0.187 e. The van der Waals surface area contributed by atoms with Crippen LogP contribution in [-0.4, -0.2) is 158 Å². The first-order valence-electron chi connectivity index (χ1n) is 20.5. The first-order valence-corrected chi connectivity index (χ1v) is 20.5. The molecule has 22 atom stereocenters. The van der Waals surface area contributed by atoms with Gasteiger partial charge in [0.25, 0.3) is 0 Å². The van der Waals surface area contributed by atoms with Gasteiger partial charge in [-0.3, -0.25) is 0 Å². The average Bonchev–Trinajstić information content (AvgIpc) is 3.62. The average molecular weight is 787 g/mol. The summed E-state index contributed by atoms with van der Waals surface area (Å²) in [6.07, 6.45) is -6.42. The second-order valence-electron chi connectivity index (χ2n) is 18.5. The normalized spacial score (nSPS) is 54.2. The van der Waals surface area contributed by atoms with Crippen molar-refractivity contribution in [3.8, 4) is 0 Å². The smallest absolute Gasteiger partial charge is 0.187 e. The Morgan fingerprint density at radius 3 is 2.13 bits per heavy atom. The van der Waals surface area contributed by atoms with Gasteiger partial charge in [-0.25, -0.2) is 0 Å². The van der Waals surface area contributed by atoms with Crippen molar-refractivity contribution in [1.29, 1.82) is 0 Å². The van der Waals surface area contributed by atoms with Crippen molar-refractivity contribution in [3.63, 3.8) is 0 Å². The van der Waals surface area contributed by atoms with E-state index in [4.69, 9.17) is 28.4 Å². The van der Waals surface area contributed by atoms with Crippen LogP contribution in [0.2, 0.25) is 0 Å². The van der Waals surface area contributed by atoms with Gasteiger partial charge in [0.2, 0.25) is 0 Å². The van der Waals surface area contributed by atoms with Gasteiger partial charge in [-0.2, -0.15) is 0 Å². The monoisotopic (exact) mass is 786 g/mol. The summed E-state index contributed by atoms with van der Waals surface area (Å²) in [7, 11) is 1.71. The lowest BCUT2D eigenvalue weighted by Crippen LogP contribution is -2.62. The molecule has 9 N–H and O–H groups in total. The Morgan fingerprint density at radius 2 is 1.49 bits per heavy atom. The molecule has 6 fully saturated rings. The largest absolute Gasteiger partial charge is 0.394 e. The van der Waals surface area contributed by atoms with Crippen LogP contribution >= 0.6 is 0 Å². The van der Waals surface area contributed by atoms with E-state index in [9.17, 15) is 46.0 Å². The molecule has 7 aliphatic rings. The molecule has 0 radical (unpaired) electrons. The summed E-state index contributed by atoms with van der Waals surface area (Å²) in [4.78, 5) is 0. The number of rotatable bonds is 11. The van der Waals surface area contributed by atoms with E-state index in [0.717, 1.165) is 31.3 Å². The number of hydrogen-bond acceptors (Lipinski definition) is 15. The molecule has 0 aromatic heterocycles. The molecule has 55 heavy (non-hydrogen) atoms. The number of fused-ring (bicyclic) bond motifs is 7. The second-order valence-corrected chi connectivity index (χ2v) is 18.5. The molecule has 0 bridgehead atoms. The highest BCUT2D eigenvalue weighted by Gasteiger charge is 2.69. The first-order chi connectivity index (χ1) is 26.0. The standard InChI is InChI=1S/C40H66O15/c1-18(17-51-36-34(48)32(46)30(44)26(15-41)52-36)8-11-40(50-5)19(2)29-25(55-40)14-24-22-7-6-20-12-21(43)13-28(39(20,4)23(22)9-10-38(24,29)3)54-37-35(49)33(47)31(45)27(16-42)53-37/h6,18-19,21-37,41-49H,7-17H2,1-5H3/t18?,19?,21-,22-,23+,24+,25?,26+,27-,28-,29?,30+,31-,32-,33+,34+,35-,36+,37+,38+,39+,40-/m1/s1. The topological polar surface area (TPSA) is 237 Å². The van der Waals surface area contributed by atoms with Gasteiger partial charge in [-0.15, -0.1) is 0 Å². The Morgan fingerprint density at radius 1 is 0.855 bits per heavy atom. The third-order valence-corrected chi connectivity index (χ3v) is 15.7. The molecular weight excluding hydrogens is 720 g/mol. The molecule has 15 nitrogen and oxygen atoms in total. The van der Waals surface area contributed by atoms with Crippen LogP contribution in [0.1, 0.15) is 79.1 Å². The van der Waals surface area contributed by atoms with Crippen LogP contribution in [0, 0.1) is 46.3 Å². The molecule has 3 aliphatic heterocycles. The zero-order chi connectivity index (χ0) is 39.8. The molecule has 4 aliphatic carbocycles. The highest BCUT2D eigenvalue weighted by atomic mass is 16.7. The van der Waals surface area contributed by atoms with Crippen LogP contribution in [0.3, 0.4) is 0 Å². The fourth-order valence-electron chi connectivity index (χ4n) is 12.5. The molecule has 316 valence electrons. The minimum Gasteiger partial charge on any atom is -0.394 e. The number of methoxy groups -OCH3 is 1. The van der Waals surface area contributed by atoms with Gasteiger partial charge < -0.3 is 74.4 Å². The summed E-state index contributed by atoms with van der Waals surface area (Å²) in [6.45, 7) is 8.07. The SMILES string of the molecule is CO[C@]1(CCC(C)CO[C@H]2O[C@@H](CO)[C@H](O)[C@@H](O)[C@@H]2O)OC2C[C@H]3[C@@H]4CC=C5C[C@@H](O)C[C@@H](O[C@@H]6O[C@H](CO)[C@@H](O)[C@H](O)[C@H]6O)[C@]5(C)[C@H]4CC[C@]3(C)C2C1C. The van der Waals surface area contributed by atoms with Crippen molar-refractivity contribution in [1.82, 2.24) is 0 Å². The van der Waals surface area contributed by atoms with Crippen molar-refractivity contribution in [2.45, 2.75) is 165 Å².